The minimum atomic E-state index is 0.843. The van der Waals surface area contributed by atoms with Crippen molar-refractivity contribution in [3.63, 3.8) is 0 Å². The quantitative estimate of drug-likeness (QED) is 0.642. The second kappa shape index (κ2) is 4.02. The van der Waals surface area contributed by atoms with Gasteiger partial charge < -0.3 is 4.74 Å². The third-order valence-corrected chi connectivity index (χ3v) is 1.60. The molecule has 0 unspecified atom stereocenters. The van der Waals surface area contributed by atoms with Crippen LogP contribution in [-0.4, -0.2) is 0 Å². The molecule has 0 aromatic heterocycles. The van der Waals surface area contributed by atoms with E-state index in [1.54, 1.807) is 0 Å². The number of hydrogen-bond acceptors (Lipinski definition) is 1. The van der Waals surface area contributed by atoms with Gasteiger partial charge in [-0.3, -0.25) is 0 Å². The van der Waals surface area contributed by atoms with Gasteiger partial charge in [0.05, 0.1) is 0 Å². The molecule has 1 aromatic carbocycles. The number of benzene rings is 1. The molecule has 0 bridgehead atoms. The molecule has 0 aliphatic carbocycles. The molecule has 1 heteroatoms. The summed E-state index contributed by atoms with van der Waals surface area (Å²) in [6, 6.07) is 8.03. The van der Waals surface area contributed by atoms with E-state index in [9.17, 15) is 0 Å². The summed E-state index contributed by atoms with van der Waals surface area (Å²) in [5.74, 6) is 0.843. The van der Waals surface area contributed by atoms with Gasteiger partial charge >= 0.3 is 0 Å². The van der Waals surface area contributed by atoms with Crippen LogP contribution in [0, 0.1) is 7.11 Å². The zero-order chi connectivity index (χ0) is 8.10. The van der Waals surface area contributed by atoms with Crippen molar-refractivity contribution in [2.75, 3.05) is 0 Å². The van der Waals surface area contributed by atoms with E-state index < -0.39 is 0 Å². The molecule has 1 aromatic rings. The van der Waals surface area contributed by atoms with Crippen LogP contribution in [0.2, 0.25) is 0 Å². The lowest BCUT2D eigenvalue weighted by molar-refractivity contribution is 0.472. The van der Waals surface area contributed by atoms with Gasteiger partial charge in [-0.2, -0.15) is 0 Å². The van der Waals surface area contributed by atoms with Crippen LogP contribution in [0.5, 0.6) is 5.75 Å². The minimum Gasteiger partial charge on any atom is -0.490 e. The lowest BCUT2D eigenvalue weighted by Gasteiger charge is -2.01. The summed E-state index contributed by atoms with van der Waals surface area (Å²) in [4.78, 5) is 0. The molecule has 11 heavy (non-hydrogen) atoms. The first-order valence-electron chi connectivity index (χ1n) is 3.87. The Kier molecular flexibility index (Phi) is 2.96. The van der Waals surface area contributed by atoms with Crippen molar-refractivity contribution in [3.8, 4) is 5.75 Å². The highest BCUT2D eigenvalue weighted by molar-refractivity contribution is 5.28. The van der Waals surface area contributed by atoms with Crippen LogP contribution in [0.3, 0.4) is 0 Å². The van der Waals surface area contributed by atoms with E-state index in [-0.39, 0.29) is 0 Å². The first kappa shape index (κ1) is 8.12. The maximum absolute atomic E-state index is 4.85. The van der Waals surface area contributed by atoms with Gasteiger partial charge in [0.2, 0.25) is 0 Å². The predicted molar refractivity (Wildman–Crippen MR) is 46.4 cm³/mol. The Morgan fingerprint density at radius 2 is 2.27 bits per heavy atom. The minimum absolute atomic E-state index is 0.843. The fraction of sp³-hybridized carbons (Fsp3) is 0.300. The van der Waals surface area contributed by atoms with Crippen LogP contribution in [-0.2, 0) is 6.42 Å². The van der Waals surface area contributed by atoms with Gasteiger partial charge in [0, 0.05) is 0 Å². The molecule has 0 atom stereocenters. The van der Waals surface area contributed by atoms with Crippen LogP contribution >= 0.6 is 0 Å². The molecule has 0 aliphatic heterocycles. The van der Waals surface area contributed by atoms with Gasteiger partial charge in [0.1, 0.15) is 12.9 Å². The topological polar surface area (TPSA) is 9.23 Å². The molecule has 1 rings (SSSR count). The Bertz CT molecular complexity index is 218. The fourth-order valence-corrected chi connectivity index (χ4v) is 1.08. The summed E-state index contributed by atoms with van der Waals surface area (Å²) in [6.45, 7) is 2.16. The molecular weight excluding hydrogens is 136 g/mol. The normalized spacial score (nSPS) is 9.64. The summed E-state index contributed by atoms with van der Waals surface area (Å²) < 4.78 is 4.85. The van der Waals surface area contributed by atoms with Crippen molar-refractivity contribution >= 4 is 0 Å². The van der Waals surface area contributed by atoms with Gasteiger partial charge in [-0.05, 0) is 24.1 Å². The van der Waals surface area contributed by atoms with Crippen LogP contribution < -0.4 is 4.74 Å². The Balaban J connectivity index is 2.74. The van der Waals surface area contributed by atoms with Gasteiger partial charge in [-0.1, -0.05) is 25.5 Å². The maximum Gasteiger partial charge on any atom is 0.122 e. The molecular formula is C10H13O. The molecule has 1 radical (unpaired) electrons. The van der Waals surface area contributed by atoms with E-state index in [2.05, 4.69) is 20.1 Å². The van der Waals surface area contributed by atoms with E-state index in [0.717, 1.165) is 12.2 Å². The predicted octanol–water partition coefficient (Wildman–Crippen LogP) is 2.81. The molecule has 0 N–H and O–H groups in total. The maximum atomic E-state index is 4.85. The van der Waals surface area contributed by atoms with Crippen molar-refractivity contribution < 1.29 is 4.74 Å². The molecule has 1 nitrogen and oxygen atoms in total. The van der Waals surface area contributed by atoms with Gasteiger partial charge in [-0.25, -0.2) is 0 Å². The second-order valence-corrected chi connectivity index (χ2v) is 2.54. The summed E-state index contributed by atoms with van der Waals surface area (Å²) in [5.41, 5.74) is 1.31. The Hall–Kier alpha value is -0.980. The standard InChI is InChI=1S/C10H13O/c1-3-5-9-6-4-7-10(8-9)11-2/h4,6-8H,2-3,5H2,1H3. The first-order chi connectivity index (χ1) is 5.36. The lowest BCUT2D eigenvalue weighted by Crippen LogP contribution is -1.84. The van der Waals surface area contributed by atoms with Crippen LogP contribution in [0.25, 0.3) is 0 Å². The van der Waals surface area contributed by atoms with Gasteiger partial charge in [0.15, 0.2) is 0 Å². The number of rotatable bonds is 3. The average Bonchev–Trinajstić information content (AvgIpc) is 2.06. The van der Waals surface area contributed by atoms with Crippen LogP contribution in [0.1, 0.15) is 18.9 Å². The van der Waals surface area contributed by atoms with Crippen molar-refractivity contribution in [1.82, 2.24) is 0 Å². The highest BCUT2D eigenvalue weighted by atomic mass is 16.5. The highest BCUT2D eigenvalue weighted by Crippen LogP contribution is 2.13. The molecule has 0 fully saturated rings. The Morgan fingerprint density at radius 3 is 2.91 bits per heavy atom. The van der Waals surface area contributed by atoms with E-state index in [4.69, 9.17) is 4.74 Å². The van der Waals surface area contributed by atoms with E-state index in [0.29, 0.717) is 0 Å². The number of hydrogen-bond donors (Lipinski definition) is 0. The van der Waals surface area contributed by atoms with Crippen molar-refractivity contribution in [2.45, 2.75) is 19.8 Å². The van der Waals surface area contributed by atoms with Crippen LogP contribution in [0.4, 0.5) is 0 Å². The molecule has 0 saturated carbocycles. The summed E-state index contributed by atoms with van der Waals surface area (Å²) in [6.07, 6.45) is 2.28. The van der Waals surface area contributed by atoms with Crippen LogP contribution in [0.15, 0.2) is 24.3 Å². The van der Waals surface area contributed by atoms with Gasteiger partial charge in [-0.15, -0.1) is 0 Å². The number of ether oxygens (including phenoxy) is 1. The Morgan fingerprint density at radius 1 is 1.45 bits per heavy atom. The summed E-state index contributed by atoms with van der Waals surface area (Å²) in [7, 11) is 3.36. The lowest BCUT2D eigenvalue weighted by atomic mass is 10.1. The SMILES string of the molecule is [CH2]Oc1cccc(CCC)c1. The molecule has 0 heterocycles. The zero-order valence-corrected chi connectivity index (χ0v) is 6.84. The summed E-state index contributed by atoms with van der Waals surface area (Å²) >= 11 is 0. The molecule has 0 amide bonds. The van der Waals surface area contributed by atoms with E-state index in [1.165, 1.54) is 12.0 Å². The molecule has 0 spiro atoms. The van der Waals surface area contributed by atoms with Crippen molar-refractivity contribution in [1.29, 1.82) is 0 Å². The smallest absolute Gasteiger partial charge is 0.122 e. The number of aryl methyl sites for hydroxylation is 1. The van der Waals surface area contributed by atoms with Gasteiger partial charge in [0.25, 0.3) is 0 Å². The largest absolute Gasteiger partial charge is 0.490 e. The zero-order valence-electron chi connectivity index (χ0n) is 6.84. The molecule has 0 saturated heterocycles. The van der Waals surface area contributed by atoms with E-state index >= 15 is 0 Å². The van der Waals surface area contributed by atoms with Crippen molar-refractivity contribution in [2.24, 2.45) is 0 Å². The third kappa shape index (κ3) is 2.26. The monoisotopic (exact) mass is 149 g/mol. The fourth-order valence-electron chi connectivity index (χ4n) is 1.08. The molecule has 59 valence electrons. The summed E-state index contributed by atoms with van der Waals surface area (Å²) in [5, 5.41) is 0. The third-order valence-electron chi connectivity index (χ3n) is 1.60. The highest BCUT2D eigenvalue weighted by Gasteiger charge is 1.92. The van der Waals surface area contributed by atoms with Crippen molar-refractivity contribution in [3.05, 3.63) is 36.9 Å². The first-order valence-corrected chi connectivity index (χ1v) is 3.87. The molecule has 0 aliphatic rings. The average molecular weight is 149 g/mol. The Labute approximate surface area is 68.0 Å². The van der Waals surface area contributed by atoms with E-state index in [1.807, 2.05) is 18.2 Å². The second-order valence-electron chi connectivity index (χ2n) is 2.54.